The van der Waals surface area contributed by atoms with Crippen LogP contribution in [0.25, 0.3) is 10.2 Å². The van der Waals surface area contributed by atoms with Crippen LogP contribution in [0.3, 0.4) is 0 Å². The molecule has 1 aliphatic carbocycles. The molecule has 0 bridgehead atoms. The summed E-state index contributed by atoms with van der Waals surface area (Å²) >= 11 is 1.66. The molecule has 2 aromatic rings. The summed E-state index contributed by atoms with van der Waals surface area (Å²) in [6, 6.07) is 2.00. The van der Waals surface area contributed by atoms with Gasteiger partial charge in [0.1, 0.15) is 5.82 Å². The van der Waals surface area contributed by atoms with Gasteiger partial charge in [-0.25, -0.2) is 10.8 Å². The van der Waals surface area contributed by atoms with Crippen molar-refractivity contribution in [2.75, 3.05) is 17.3 Å². The molecule has 0 aromatic carbocycles. The lowest BCUT2D eigenvalue weighted by Gasteiger charge is -2.26. The van der Waals surface area contributed by atoms with E-state index in [9.17, 15) is 0 Å². The molecule has 4 N–H and O–H groups in total. The fraction of sp³-hybridized carbons (Fsp3) is 0.571. The second-order valence-corrected chi connectivity index (χ2v) is 6.60. The normalized spacial score (nSPS) is 22.9. The van der Waals surface area contributed by atoms with Crippen LogP contribution in [0.2, 0.25) is 0 Å². The number of aromatic nitrogens is 2. The zero-order valence-electron chi connectivity index (χ0n) is 11.7. The minimum absolute atomic E-state index is 0.468. The van der Waals surface area contributed by atoms with Gasteiger partial charge < -0.3 is 5.32 Å². The molecule has 0 unspecified atom stereocenters. The van der Waals surface area contributed by atoms with Gasteiger partial charge in [0.15, 0.2) is 0 Å². The van der Waals surface area contributed by atoms with E-state index >= 15 is 0 Å². The fourth-order valence-electron chi connectivity index (χ4n) is 2.82. The number of anilines is 2. The zero-order chi connectivity index (χ0) is 13.9. The minimum atomic E-state index is 0.468. The number of nitrogens with zero attached hydrogens (tertiary/aromatic N) is 2. The molecule has 108 valence electrons. The fourth-order valence-corrected chi connectivity index (χ4v) is 3.62. The van der Waals surface area contributed by atoms with Crippen molar-refractivity contribution >= 4 is 33.3 Å². The molecule has 6 heteroatoms. The second-order valence-electron chi connectivity index (χ2n) is 5.68. The Morgan fingerprint density at radius 1 is 1.30 bits per heavy atom. The van der Waals surface area contributed by atoms with E-state index in [1.807, 2.05) is 11.4 Å². The van der Waals surface area contributed by atoms with Crippen LogP contribution in [0, 0.1) is 11.8 Å². The third-order valence-electron chi connectivity index (χ3n) is 4.13. The molecular weight excluding hydrogens is 270 g/mol. The third-order valence-corrected chi connectivity index (χ3v) is 5.04. The Morgan fingerprint density at radius 2 is 2.10 bits per heavy atom. The van der Waals surface area contributed by atoms with Crippen molar-refractivity contribution in [3.63, 3.8) is 0 Å². The Bertz CT molecular complexity index is 574. The van der Waals surface area contributed by atoms with Crippen molar-refractivity contribution in [2.45, 2.75) is 32.6 Å². The molecule has 1 aliphatic rings. The predicted octanol–water partition coefficient (Wildman–Crippen LogP) is 3.22. The van der Waals surface area contributed by atoms with E-state index < -0.39 is 0 Å². The number of thiophene rings is 1. The highest BCUT2D eigenvalue weighted by Crippen LogP contribution is 2.30. The van der Waals surface area contributed by atoms with Crippen LogP contribution in [-0.2, 0) is 0 Å². The number of nitrogen functional groups attached to an aromatic ring is 1. The average molecular weight is 291 g/mol. The predicted molar refractivity (Wildman–Crippen MR) is 84.8 cm³/mol. The standard InChI is InChI=1S/C14H21N5S/c1-9-2-4-10(5-3-9)8-16-13-12-11(6-7-20-12)17-14(18-13)19-15/h6-7,9-10H,2-5,8,15H2,1H3,(H2,16,17,18,19). The van der Waals surface area contributed by atoms with Crippen LogP contribution in [0.5, 0.6) is 0 Å². The van der Waals surface area contributed by atoms with E-state index in [4.69, 9.17) is 5.84 Å². The zero-order valence-corrected chi connectivity index (χ0v) is 12.5. The van der Waals surface area contributed by atoms with Gasteiger partial charge in [-0.3, -0.25) is 5.43 Å². The van der Waals surface area contributed by atoms with E-state index in [0.717, 1.165) is 34.4 Å². The van der Waals surface area contributed by atoms with Crippen LogP contribution in [-0.4, -0.2) is 16.5 Å². The summed E-state index contributed by atoms with van der Waals surface area (Å²) in [6.07, 6.45) is 5.32. The number of hydrogen-bond acceptors (Lipinski definition) is 6. The molecule has 1 saturated carbocycles. The van der Waals surface area contributed by atoms with Crippen LogP contribution in [0.15, 0.2) is 11.4 Å². The Morgan fingerprint density at radius 3 is 2.85 bits per heavy atom. The summed E-state index contributed by atoms with van der Waals surface area (Å²) in [4.78, 5) is 8.79. The van der Waals surface area contributed by atoms with E-state index in [2.05, 4.69) is 27.6 Å². The maximum atomic E-state index is 5.43. The number of rotatable bonds is 4. The molecule has 5 nitrogen and oxygen atoms in total. The lowest BCUT2D eigenvalue weighted by atomic mass is 9.83. The third kappa shape index (κ3) is 2.86. The van der Waals surface area contributed by atoms with Crippen molar-refractivity contribution in [3.8, 4) is 0 Å². The van der Waals surface area contributed by atoms with E-state index in [1.54, 1.807) is 11.3 Å². The van der Waals surface area contributed by atoms with Crippen molar-refractivity contribution in [2.24, 2.45) is 17.7 Å². The second kappa shape index (κ2) is 5.93. The summed E-state index contributed by atoms with van der Waals surface area (Å²) in [5.74, 6) is 8.45. The summed E-state index contributed by atoms with van der Waals surface area (Å²) in [6.45, 7) is 3.34. The molecule has 0 saturated heterocycles. The largest absolute Gasteiger partial charge is 0.368 e. The first-order valence-electron chi connectivity index (χ1n) is 7.22. The molecule has 0 radical (unpaired) electrons. The topological polar surface area (TPSA) is 75.9 Å². The molecular formula is C14H21N5S. The number of nitrogens with two attached hydrogens (primary N) is 1. The molecule has 20 heavy (non-hydrogen) atoms. The quantitative estimate of drug-likeness (QED) is 0.595. The van der Waals surface area contributed by atoms with E-state index in [1.165, 1.54) is 25.7 Å². The van der Waals surface area contributed by atoms with Gasteiger partial charge >= 0.3 is 0 Å². The van der Waals surface area contributed by atoms with Crippen LogP contribution in [0.4, 0.5) is 11.8 Å². The Kier molecular flexibility index (Phi) is 4.03. The SMILES string of the molecule is CC1CCC(CNc2nc(NN)nc3ccsc23)CC1. The van der Waals surface area contributed by atoms with Gasteiger partial charge in [0, 0.05) is 6.54 Å². The van der Waals surface area contributed by atoms with Crippen molar-refractivity contribution in [1.29, 1.82) is 0 Å². The van der Waals surface area contributed by atoms with Gasteiger partial charge in [0.2, 0.25) is 5.95 Å². The van der Waals surface area contributed by atoms with Gasteiger partial charge in [-0.1, -0.05) is 19.8 Å². The molecule has 0 aliphatic heterocycles. The Hall–Kier alpha value is -1.40. The highest BCUT2D eigenvalue weighted by atomic mass is 32.1. The van der Waals surface area contributed by atoms with E-state index in [-0.39, 0.29) is 0 Å². The first-order valence-corrected chi connectivity index (χ1v) is 8.10. The maximum Gasteiger partial charge on any atom is 0.239 e. The number of hydrazine groups is 1. The molecule has 2 aromatic heterocycles. The lowest BCUT2D eigenvalue weighted by Crippen LogP contribution is -2.21. The van der Waals surface area contributed by atoms with Crippen molar-refractivity contribution in [1.82, 2.24) is 9.97 Å². The summed E-state index contributed by atoms with van der Waals surface area (Å²) in [5.41, 5.74) is 3.48. The highest BCUT2D eigenvalue weighted by Gasteiger charge is 2.18. The maximum absolute atomic E-state index is 5.43. The number of nitrogens with one attached hydrogen (secondary N) is 2. The van der Waals surface area contributed by atoms with Crippen LogP contribution < -0.4 is 16.6 Å². The molecule has 2 heterocycles. The average Bonchev–Trinajstić information content (AvgIpc) is 2.94. The minimum Gasteiger partial charge on any atom is -0.368 e. The molecule has 3 rings (SSSR count). The molecule has 0 atom stereocenters. The van der Waals surface area contributed by atoms with Gasteiger partial charge in [0.25, 0.3) is 0 Å². The van der Waals surface area contributed by atoms with Crippen LogP contribution in [0.1, 0.15) is 32.6 Å². The Labute approximate surface area is 123 Å². The smallest absolute Gasteiger partial charge is 0.239 e. The molecule has 1 fully saturated rings. The van der Waals surface area contributed by atoms with Crippen LogP contribution >= 0.6 is 11.3 Å². The summed E-state index contributed by atoms with van der Waals surface area (Å²) < 4.78 is 1.10. The lowest BCUT2D eigenvalue weighted by molar-refractivity contribution is 0.300. The first kappa shape index (κ1) is 13.6. The van der Waals surface area contributed by atoms with Gasteiger partial charge in [0.05, 0.1) is 10.2 Å². The van der Waals surface area contributed by atoms with E-state index in [0.29, 0.717) is 5.95 Å². The van der Waals surface area contributed by atoms with Gasteiger partial charge in [-0.2, -0.15) is 4.98 Å². The van der Waals surface area contributed by atoms with Gasteiger partial charge in [-0.05, 0) is 36.1 Å². The number of fused-ring (bicyclic) bond motifs is 1. The molecule has 0 spiro atoms. The Balaban J connectivity index is 1.71. The monoisotopic (exact) mass is 291 g/mol. The highest BCUT2D eigenvalue weighted by molar-refractivity contribution is 7.17. The molecule has 0 amide bonds. The summed E-state index contributed by atoms with van der Waals surface area (Å²) in [7, 11) is 0. The first-order chi connectivity index (χ1) is 9.76. The number of hydrogen-bond donors (Lipinski definition) is 3. The van der Waals surface area contributed by atoms with Gasteiger partial charge in [-0.15, -0.1) is 11.3 Å². The van der Waals surface area contributed by atoms with Crippen molar-refractivity contribution in [3.05, 3.63) is 11.4 Å². The summed E-state index contributed by atoms with van der Waals surface area (Å²) in [5, 5.41) is 5.53. The van der Waals surface area contributed by atoms with Crippen molar-refractivity contribution < 1.29 is 0 Å².